The minimum atomic E-state index is -0.612. The highest BCUT2D eigenvalue weighted by Gasteiger charge is 2.38. The Bertz CT molecular complexity index is 1040. The van der Waals surface area contributed by atoms with Crippen LogP contribution in [0.15, 0.2) is 24.3 Å². The van der Waals surface area contributed by atoms with Crippen molar-refractivity contribution in [2.45, 2.75) is 0 Å². The second-order valence-corrected chi connectivity index (χ2v) is 8.85. The lowest BCUT2D eigenvalue weighted by Gasteiger charge is -2.26. The Morgan fingerprint density at radius 2 is 0.850 bits per heavy atom. The van der Waals surface area contributed by atoms with Crippen LogP contribution >= 0.6 is 24.8 Å². The first-order chi connectivity index (χ1) is 18.4. The van der Waals surface area contributed by atoms with Gasteiger partial charge in [-0.15, -0.1) is 24.8 Å². The molecule has 224 valence electrons. The van der Waals surface area contributed by atoms with Crippen LogP contribution in [0, 0.1) is 0 Å². The molecule has 3 rings (SSSR count). The van der Waals surface area contributed by atoms with E-state index in [2.05, 4.69) is 10.6 Å². The van der Waals surface area contributed by atoms with E-state index < -0.39 is 23.1 Å². The molecular weight excluding hydrogens is 567 g/mol. The smallest absolute Gasteiger partial charge is 0.200 e. The maximum Gasteiger partial charge on any atom is 0.200 e. The summed E-state index contributed by atoms with van der Waals surface area (Å²) >= 11 is 0. The minimum absolute atomic E-state index is 0. The van der Waals surface area contributed by atoms with Crippen LogP contribution in [0.5, 0.6) is 11.5 Å². The van der Waals surface area contributed by atoms with Gasteiger partial charge in [0.15, 0.2) is 0 Å². The molecular formula is C26H38Cl2N4O8. The lowest BCUT2D eigenvalue weighted by Crippen LogP contribution is -2.35. The molecule has 12 nitrogen and oxygen atoms in total. The Morgan fingerprint density at radius 1 is 0.525 bits per heavy atom. The number of rotatable bonds is 16. The van der Waals surface area contributed by atoms with E-state index in [1.807, 2.05) is 9.80 Å². The number of fused-ring (bicyclic) bond motifs is 2. The third kappa shape index (κ3) is 8.18. The highest BCUT2D eigenvalue weighted by molar-refractivity contribution is 6.33. The highest BCUT2D eigenvalue weighted by atomic mass is 35.5. The molecule has 0 unspecified atom stereocenters. The molecule has 0 aliphatic heterocycles. The van der Waals surface area contributed by atoms with Crippen LogP contribution in [0.1, 0.15) is 31.8 Å². The number of hydrogen-bond acceptors (Lipinski definition) is 12. The number of phenols is 2. The number of aliphatic hydroxyl groups excluding tert-OH is 4. The normalized spacial score (nSPS) is 12.1. The fourth-order valence-electron chi connectivity index (χ4n) is 4.59. The molecule has 2 aromatic carbocycles. The highest BCUT2D eigenvalue weighted by Crippen LogP contribution is 2.42. The zero-order valence-corrected chi connectivity index (χ0v) is 23.6. The molecule has 1 aliphatic carbocycles. The van der Waals surface area contributed by atoms with Gasteiger partial charge in [0.25, 0.3) is 0 Å². The lowest BCUT2D eigenvalue weighted by atomic mass is 9.81. The number of anilines is 2. The van der Waals surface area contributed by atoms with E-state index >= 15 is 0 Å². The maximum absolute atomic E-state index is 13.6. The van der Waals surface area contributed by atoms with Gasteiger partial charge in [0, 0.05) is 63.7 Å². The first-order valence-corrected chi connectivity index (χ1v) is 12.5. The molecule has 0 fully saturated rings. The molecule has 0 heterocycles. The SMILES string of the molecule is Cl.Cl.O=C1c2c(O)ccc(O)c2C(=O)c2c(NCCN(CCO)CCO)ccc(NCCN(CCO)CCO)c21. The Labute approximate surface area is 245 Å². The van der Waals surface area contributed by atoms with E-state index in [4.69, 9.17) is 0 Å². The second kappa shape index (κ2) is 17.2. The van der Waals surface area contributed by atoms with Crippen molar-refractivity contribution in [3.8, 4) is 11.5 Å². The molecule has 0 atom stereocenters. The van der Waals surface area contributed by atoms with E-state index in [1.54, 1.807) is 12.1 Å². The van der Waals surface area contributed by atoms with Gasteiger partial charge < -0.3 is 41.3 Å². The molecule has 0 amide bonds. The summed E-state index contributed by atoms with van der Waals surface area (Å²) in [6.07, 6.45) is 0. The Hall–Kier alpha value is -2.68. The summed E-state index contributed by atoms with van der Waals surface area (Å²) in [5.41, 5.74) is 0.336. The van der Waals surface area contributed by atoms with Crippen LogP contribution in [0.3, 0.4) is 0 Å². The van der Waals surface area contributed by atoms with Crippen molar-refractivity contribution in [2.75, 3.05) is 89.4 Å². The number of phenolic OH excluding ortho intramolecular Hbond substituents is 2. The van der Waals surface area contributed by atoms with Gasteiger partial charge in [0.1, 0.15) is 11.5 Å². The van der Waals surface area contributed by atoms with E-state index in [-0.39, 0.29) is 73.5 Å². The van der Waals surface area contributed by atoms with Crippen molar-refractivity contribution in [3.05, 3.63) is 46.5 Å². The molecule has 8 N–H and O–H groups in total. The van der Waals surface area contributed by atoms with Crippen molar-refractivity contribution in [1.29, 1.82) is 0 Å². The van der Waals surface area contributed by atoms with Crippen LogP contribution in [0.2, 0.25) is 0 Å². The van der Waals surface area contributed by atoms with Crippen LogP contribution in [-0.4, -0.2) is 131 Å². The number of hydrogen-bond donors (Lipinski definition) is 8. The second-order valence-electron chi connectivity index (χ2n) is 8.85. The summed E-state index contributed by atoms with van der Waals surface area (Å²) in [5.74, 6) is -2.04. The van der Waals surface area contributed by atoms with Crippen LogP contribution in [0.25, 0.3) is 0 Å². The van der Waals surface area contributed by atoms with Gasteiger partial charge in [-0.1, -0.05) is 0 Å². The monoisotopic (exact) mass is 604 g/mol. The lowest BCUT2D eigenvalue weighted by molar-refractivity contribution is 0.0975. The molecule has 14 heteroatoms. The molecule has 1 aliphatic rings. The number of carbonyl (C=O) groups is 2. The number of aromatic hydroxyl groups is 2. The molecule has 0 bridgehead atoms. The van der Waals surface area contributed by atoms with Crippen molar-refractivity contribution in [3.63, 3.8) is 0 Å². The van der Waals surface area contributed by atoms with Gasteiger partial charge in [-0.05, 0) is 24.3 Å². The molecule has 0 saturated carbocycles. The maximum atomic E-state index is 13.6. The van der Waals surface area contributed by atoms with Crippen LogP contribution in [-0.2, 0) is 0 Å². The number of nitrogens with one attached hydrogen (secondary N) is 2. The van der Waals surface area contributed by atoms with E-state index in [9.17, 15) is 40.2 Å². The van der Waals surface area contributed by atoms with Gasteiger partial charge in [0.05, 0.1) is 48.7 Å². The zero-order valence-electron chi connectivity index (χ0n) is 22.0. The zero-order chi connectivity index (χ0) is 27.7. The summed E-state index contributed by atoms with van der Waals surface area (Å²) in [6.45, 7) is 2.76. The molecule has 0 spiro atoms. The molecule has 0 aromatic heterocycles. The van der Waals surface area contributed by atoms with Crippen molar-refractivity contribution in [2.24, 2.45) is 0 Å². The average Bonchev–Trinajstić information content (AvgIpc) is 2.89. The third-order valence-corrected chi connectivity index (χ3v) is 6.43. The largest absolute Gasteiger partial charge is 0.507 e. The fraction of sp³-hybridized carbons (Fsp3) is 0.462. The van der Waals surface area contributed by atoms with Crippen LogP contribution < -0.4 is 10.6 Å². The predicted molar refractivity (Wildman–Crippen MR) is 156 cm³/mol. The molecule has 0 radical (unpaired) electrons. The van der Waals surface area contributed by atoms with Gasteiger partial charge in [-0.2, -0.15) is 0 Å². The van der Waals surface area contributed by atoms with E-state index in [0.29, 0.717) is 63.7 Å². The summed E-state index contributed by atoms with van der Waals surface area (Å²) in [7, 11) is 0. The molecule has 40 heavy (non-hydrogen) atoms. The van der Waals surface area contributed by atoms with Gasteiger partial charge in [-0.3, -0.25) is 19.4 Å². The predicted octanol–water partition coefficient (Wildman–Crippen LogP) is 0.114. The van der Waals surface area contributed by atoms with Gasteiger partial charge in [-0.25, -0.2) is 0 Å². The third-order valence-electron chi connectivity index (χ3n) is 6.43. The molecule has 0 saturated heterocycles. The standard InChI is InChI=1S/C26H36N4O8.2ClH/c31-13-9-29(10-14-32)7-5-27-17-1-2-18(28-6-8-30(11-15-33)12-16-34)22-21(17)25(37)23-19(35)3-4-20(36)24(23)26(22)38;;/h1-4,27-28,31-36H,5-16H2;2*1H. The number of ketones is 2. The first kappa shape index (κ1) is 35.3. The Morgan fingerprint density at radius 3 is 1.15 bits per heavy atom. The summed E-state index contributed by atoms with van der Waals surface area (Å²) < 4.78 is 0. The fourth-order valence-corrected chi connectivity index (χ4v) is 4.59. The Balaban J connectivity index is 0.00000400. The topological polar surface area (TPSA) is 186 Å². The van der Waals surface area contributed by atoms with Crippen molar-refractivity contribution >= 4 is 47.8 Å². The molecule has 2 aromatic rings. The number of benzene rings is 2. The summed E-state index contributed by atoms with van der Waals surface area (Å²) in [6, 6.07) is 5.63. The van der Waals surface area contributed by atoms with Crippen molar-refractivity contribution < 1.29 is 40.2 Å². The van der Waals surface area contributed by atoms with Gasteiger partial charge in [0.2, 0.25) is 11.6 Å². The number of carbonyl (C=O) groups excluding carboxylic acids is 2. The first-order valence-electron chi connectivity index (χ1n) is 12.5. The van der Waals surface area contributed by atoms with Gasteiger partial charge >= 0.3 is 0 Å². The van der Waals surface area contributed by atoms with Crippen molar-refractivity contribution in [1.82, 2.24) is 9.80 Å². The Kier molecular flexibility index (Phi) is 15.2. The number of aliphatic hydroxyl groups is 4. The average molecular weight is 606 g/mol. The van der Waals surface area contributed by atoms with E-state index in [0.717, 1.165) is 12.1 Å². The minimum Gasteiger partial charge on any atom is -0.507 e. The van der Waals surface area contributed by atoms with Crippen LogP contribution in [0.4, 0.5) is 11.4 Å². The number of nitrogens with zero attached hydrogens (tertiary/aromatic N) is 2. The number of halogens is 2. The quantitative estimate of drug-likeness (QED) is 0.103. The summed E-state index contributed by atoms with van der Waals surface area (Å²) in [5, 5.41) is 64.1. The van der Waals surface area contributed by atoms with E-state index in [1.165, 1.54) is 0 Å². The summed E-state index contributed by atoms with van der Waals surface area (Å²) in [4.78, 5) is 30.9.